The number of pyridine rings is 1. The Bertz CT molecular complexity index is 909. The monoisotopic (exact) mass is 423 g/mol. The number of aromatic nitrogens is 1. The van der Waals surface area contributed by atoms with E-state index < -0.39 is 11.8 Å². The zero-order chi connectivity index (χ0) is 22.0. The van der Waals surface area contributed by atoms with E-state index in [0.717, 1.165) is 18.4 Å². The van der Waals surface area contributed by atoms with Crippen molar-refractivity contribution in [1.82, 2.24) is 10.3 Å². The van der Waals surface area contributed by atoms with Gasteiger partial charge >= 0.3 is 0 Å². The summed E-state index contributed by atoms with van der Waals surface area (Å²) in [6.45, 7) is 6.62. The maximum absolute atomic E-state index is 13.2. The van der Waals surface area contributed by atoms with Crippen molar-refractivity contribution in [2.75, 3.05) is 6.61 Å². The lowest BCUT2D eigenvalue weighted by molar-refractivity contribution is 0.0525. The number of nitrogens with two attached hydrogens (primary N) is 1. The Labute approximate surface area is 184 Å². The van der Waals surface area contributed by atoms with Crippen LogP contribution in [-0.4, -0.2) is 29.3 Å². The largest absolute Gasteiger partial charge is 0.477 e. The van der Waals surface area contributed by atoms with Gasteiger partial charge in [-0.1, -0.05) is 38.1 Å². The van der Waals surface area contributed by atoms with Crippen molar-refractivity contribution in [2.24, 2.45) is 17.6 Å². The summed E-state index contributed by atoms with van der Waals surface area (Å²) in [6.07, 6.45) is 4.01. The molecule has 0 saturated heterocycles. The van der Waals surface area contributed by atoms with E-state index in [0.29, 0.717) is 35.8 Å². The number of rotatable bonds is 10. The number of ether oxygens (including phenoxy) is 2. The highest BCUT2D eigenvalue weighted by Gasteiger charge is 2.39. The standard InChI is InChI=1S/C25H33N3O3/c1-16(2)25(3,24(26)31-19-7-5-4-6-8-19)28-22(29)21-14-13-20(18-11-12-18)23(27-21)30-15-17-9-10-17/h4-8,13-14,16-18,24H,9-12,15,26H2,1-3H3,(H,28,29). The molecule has 0 bridgehead atoms. The first kappa shape index (κ1) is 21.6. The molecule has 1 heterocycles. The third kappa shape index (κ3) is 5.18. The van der Waals surface area contributed by atoms with Crippen LogP contribution < -0.4 is 20.5 Å². The molecule has 6 nitrogen and oxygen atoms in total. The highest BCUT2D eigenvalue weighted by molar-refractivity contribution is 5.93. The molecule has 4 rings (SSSR count). The highest BCUT2D eigenvalue weighted by atomic mass is 16.5. The molecule has 2 atom stereocenters. The Kier molecular flexibility index (Phi) is 6.19. The second-order valence-electron chi connectivity index (χ2n) is 9.36. The quantitative estimate of drug-likeness (QED) is 0.558. The lowest BCUT2D eigenvalue weighted by atomic mass is 9.86. The molecule has 2 aliphatic rings. The molecule has 0 aliphatic heterocycles. The Balaban J connectivity index is 1.50. The lowest BCUT2D eigenvalue weighted by Crippen LogP contribution is -2.63. The van der Waals surface area contributed by atoms with Crippen LogP contribution in [-0.2, 0) is 0 Å². The molecular weight excluding hydrogens is 390 g/mol. The minimum absolute atomic E-state index is 0.0338. The molecule has 2 saturated carbocycles. The van der Waals surface area contributed by atoms with Crippen LogP contribution in [0.1, 0.15) is 68.4 Å². The molecule has 0 radical (unpaired) electrons. The first-order valence-corrected chi connectivity index (χ1v) is 11.3. The molecule has 3 N–H and O–H groups in total. The minimum Gasteiger partial charge on any atom is -0.477 e. The van der Waals surface area contributed by atoms with Crippen LogP contribution in [0, 0.1) is 11.8 Å². The highest BCUT2D eigenvalue weighted by Crippen LogP contribution is 2.44. The van der Waals surface area contributed by atoms with Crippen LogP contribution in [0.5, 0.6) is 11.6 Å². The smallest absolute Gasteiger partial charge is 0.270 e. The van der Waals surface area contributed by atoms with E-state index in [4.69, 9.17) is 15.2 Å². The van der Waals surface area contributed by atoms with Crippen molar-refractivity contribution < 1.29 is 14.3 Å². The molecule has 1 aromatic carbocycles. The normalized spacial score (nSPS) is 18.9. The first-order valence-electron chi connectivity index (χ1n) is 11.3. The molecule has 6 heteroatoms. The second kappa shape index (κ2) is 8.87. The summed E-state index contributed by atoms with van der Waals surface area (Å²) in [7, 11) is 0. The fourth-order valence-electron chi connectivity index (χ4n) is 3.50. The summed E-state index contributed by atoms with van der Waals surface area (Å²) in [5, 5.41) is 3.09. The van der Waals surface area contributed by atoms with Crippen LogP contribution in [0.15, 0.2) is 42.5 Å². The Morgan fingerprint density at radius 2 is 1.87 bits per heavy atom. The van der Waals surface area contributed by atoms with Gasteiger partial charge in [-0.05, 0) is 68.6 Å². The third-order valence-corrected chi connectivity index (χ3v) is 6.47. The van der Waals surface area contributed by atoms with Gasteiger partial charge < -0.3 is 14.8 Å². The second-order valence-corrected chi connectivity index (χ2v) is 9.36. The molecule has 2 unspecified atom stereocenters. The van der Waals surface area contributed by atoms with Crippen molar-refractivity contribution in [2.45, 2.75) is 64.1 Å². The van der Waals surface area contributed by atoms with Crippen LogP contribution in [0.25, 0.3) is 0 Å². The van der Waals surface area contributed by atoms with Crippen molar-refractivity contribution >= 4 is 5.91 Å². The van der Waals surface area contributed by atoms with Gasteiger partial charge in [-0.25, -0.2) is 4.98 Å². The molecule has 1 amide bonds. The maximum atomic E-state index is 13.2. The number of hydrogen-bond donors (Lipinski definition) is 2. The fourth-order valence-corrected chi connectivity index (χ4v) is 3.50. The summed E-state index contributed by atoms with van der Waals surface area (Å²) < 4.78 is 12.0. The van der Waals surface area contributed by atoms with E-state index in [2.05, 4.69) is 10.3 Å². The predicted octanol–water partition coefficient (Wildman–Crippen LogP) is 4.26. The van der Waals surface area contributed by atoms with Gasteiger partial charge in [0, 0.05) is 5.56 Å². The fraction of sp³-hybridized carbons (Fsp3) is 0.520. The predicted molar refractivity (Wildman–Crippen MR) is 120 cm³/mol. The van der Waals surface area contributed by atoms with E-state index in [1.54, 1.807) is 6.07 Å². The molecule has 1 aromatic heterocycles. The SMILES string of the molecule is CC(C)C(C)(NC(=O)c1ccc(C2CC2)c(OCC2CC2)n1)C(N)Oc1ccccc1. The maximum Gasteiger partial charge on any atom is 0.270 e. The van der Waals surface area contributed by atoms with Crippen molar-refractivity contribution in [3.63, 3.8) is 0 Å². The number of nitrogens with one attached hydrogen (secondary N) is 1. The summed E-state index contributed by atoms with van der Waals surface area (Å²) in [5.41, 5.74) is 7.09. The molecule has 2 aromatic rings. The van der Waals surface area contributed by atoms with Crippen LogP contribution in [0.3, 0.4) is 0 Å². The van der Waals surface area contributed by atoms with Gasteiger partial charge in [0.1, 0.15) is 11.4 Å². The topological polar surface area (TPSA) is 86.5 Å². The van der Waals surface area contributed by atoms with E-state index in [-0.39, 0.29) is 11.8 Å². The number of carbonyl (C=O) groups is 1. The number of carbonyl (C=O) groups excluding carboxylic acids is 1. The van der Waals surface area contributed by atoms with Gasteiger partial charge in [0.05, 0.1) is 12.1 Å². The minimum atomic E-state index is -0.793. The van der Waals surface area contributed by atoms with Gasteiger partial charge in [0.15, 0.2) is 6.23 Å². The van der Waals surface area contributed by atoms with Crippen LogP contribution in [0.4, 0.5) is 0 Å². The summed E-state index contributed by atoms with van der Waals surface area (Å²) in [4.78, 5) is 17.8. The number of nitrogens with zero attached hydrogens (tertiary/aromatic N) is 1. The Morgan fingerprint density at radius 3 is 2.48 bits per heavy atom. The van der Waals surface area contributed by atoms with E-state index in [9.17, 15) is 4.79 Å². The zero-order valence-corrected chi connectivity index (χ0v) is 18.6. The van der Waals surface area contributed by atoms with Crippen LogP contribution >= 0.6 is 0 Å². The van der Waals surface area contributed by atoms with Gasteiger partial charge in [-0.15, -0.1) is 0 Å². The van der Waals surface area contributed by atoms with Gasteiger partial charge in [-0.2, -0.15) is 0 Å². The summed E-state index contributed by atoms with van der Waals surface area (Å²) >= 11 is 0. The van der Waals surface area contributed by atoms with Crippen molar-refractivity contribution in [3.05, 3.63) is 53.7 Å². The molecule has 2 aliphatic carbocycles. The van der Waals surface area contributed by atoms with Crippen LogP contribution in [0.2, 0.25) is 0 Å². The van der Waals surface area contributed by atoms with E-state index in [1.807, 2.05) is 57.2 Å². The van der Waals surface area contributed by atoms with Gasteiger partial charge in [0.25, 0.3) is 5.91 Å². The average molecular weight is 424 g/mol. The molecule has 166 valence electrons. The van der Waals surface area contributed by atoms with Gasteiger partial charge in [-0.3, -0.25) is 10.5 Å². The molecule has 2 fully saturated rings. The average Bonchev–Trinajstić information content (AvgIpc) is 3.66. The molecule has 31 heavy (non-hydrogen) atoms. The van der Waals surface area contributed by atoms with Crippen molar-refractivity contribution in [1.29, 1.82) is 0 Å². The lowest BCUT2D eigenvalue weighted by Gasteiger charge is -2.39. The molecular formula is C25H33N3O3. The van der Waals surface area contributed by atoms with Gasteiger partial charge in [0.2, 0.25) is 5.88 Å². The molecule has 0 spiro atoms. The Morgan fingerprint density at radius 1 is 1.16 bits per heavy atom. The van der Waals surface area contributed by atoms with E-state index in [1.165, 1.54) is 12.8 Å². The number of hydrogen-bond acceptors (Lipinski definition) is 5. The number of benzene rings is 1. The summed E-state index contributed by atoms with van der Waals surface area (Å²) in [5.74, 6) is 2.17. The summed E-state index contributed by atoms with van der Waals surface area (Å²) in [6, 6.07) is 13.2. The third-order valence-electron chi connectivity index (χ3n) is 6.47. The first-order chi connectivity index (χ1) is 14.9. The number of amides is 1. The van der Waals surface area contributed by atoms with Crippen molar-refractivity contribution in [3.8, 4) is 11.6 Å². The zero-order valence-electron chi connectivity index (χ0n) is 18.6. The van der Waals surface area contributed by atoms with E-state index >= 15 is 0 Å². The Hall–Kier alpha value is -2.60. The number of para-hydroxylation sites is 1.